The molecule has 2 aliphatic rings. The van der Waals surface area contributed by atoms with Crippen molar-refractivity contribution in [1.29, 1.82) is 0 Å². The Hall–Kier alpha value is -0.130. The first kappa shape index (κ1) is 18.2. The standard InChI is InChI=1S/C17H34N2O2S/c1-13-10-14(16(2,3)4)8-9-19(13)22(20,21)15-11-18(12-15)17(5,6)7/h13-15H,8-12H2,1-7H3. The van der Waals surface area contributed by atoms with E-state index in [4.69, 9.17) is 0 Å². The maximum Gasteiger partial charge on any atom is 0.219 e. The summed E-state index contributed by atoms with van der Waals surface area (Å²) >= 11 is 0. The molecular formula is C17H34N2O2S. The second-order valence-electron chi connectivity index (χ2n) is 9.29. The summed E-state index contributed by atoms with van der Waals surface area (Å²) in [4.78, 5) is 2.25. The van der Waals surface area contributed by atoms with E-state index >= 15 is 0 Å². The van der Waals surface area contributed by atoms with Crippen molar-refractivity contribution in [2.24, 2.45) is 11.3 Å². The van der Waals surface area contributed by atoms with Gasteiger partial charge in [0.2, 0.25) is 10.0 Å². The molecule has 0 radical (unpaired) electrons. The van der Waals surface area contributed by atoms with Crippen molar-refractivity contribution < 1.29 is 8.42 Å². The zero-order valence-electron chi connectivity index (χ0n) is 15.4. The van der Waals surface area contributed by atoms with Crippen molar-refractivity contribution >= 4 is 10.0 Å². The summed E-state index contributed by atoms with van der Waals surface area (Å²) in [5.41, 5.74) is 0.334. The van der Waals surface area contributed by atoms with Crippen LogP contribution in [0.25, 0.3) is 0 Å². The van der Waals surface area contributed by atoms with E-state index in [1.807, 2.05) is 0 Å². The second kappa shape index (κ2) is 5.75. The lowest BCUT2D eigenvalue weighted by Gasteiger charge is -2.50. The van der Waals surface area contributed by atoms with Gasteiger partial charge in [-0.05, 0) is 51.9 Å². The lowest BCUT2D eigenvalue weighted by Crippen LogP contribution is -2.64. The smallest absolute Gasteiger partial charge is 0.219 e. The topological polar surface area (TPSA) is 40.6 Å². The number of rotatable bonds is 2. The maximum absolute atomic E-state index is 12.9. The molecule has 0 spiro atoms. The molecule has 2 heterocycles. The van der Waals surface area contributed by atoms with E-state index in [2.05, 4.69) is 53.4 Å². The third kappa shape index (κ3) is 3.51. The third-order valence-electron chi connectivity index (χ3n) is 5.58. The molecule has 2 saturated heterocycles. The SMILES string of the molecule is CC1CC(C(C)(C)C)CCN1S(=O)(=O)C1CN(C(C)(C)C)C1. The van der Waals surface area contributed by atoms with E-state index in [-0.39, 0.29) is 22.2 Å². The zero-order valence-corrected chi connectivity index (χ0v) is 16.2. The van der Waals surface area contributed by atoms with Gasteiger partial charge in [0.05, 0.1) is 0 Å². The van der Waals surface area contributed by atoms with Crippen LogP contribution in [0.2, 0.25) is 0 Å². The Balaban J connectivity index is 2.01. The molecule has 0 N–H and O–H groups in total. The second-order valence-corrected chi connectivity index (χ2v) is 11.5. The van der Waals surface area contributed by atoms with E-state index in [9.17, 15) is 8.42 Å². The van der Waals surface area contributed by atoms with Crippen LogP contribution in [0.4, 0.5) is 0 Å². The Labute approximate surface area is 137 Å². The number of hydrogen-bond donors (Lipinski definition) is 0. The fourth-order valence-corrected chi connectivity index (χ4v) is 5.75. The van der Waals surface area contributed by atoms with Crippen molar-refractivity contribution in [3.05, 3.63) is 0 Å². The summed E-state index contributed by atoms with van der Waals surface area (Å²) in [6.07, 6.45) is 1.97. The monoisotopic (exact) mass is 330 g/mol. The molecule has 4 nitrogen and oxygen atoms in total. The summed E-state index contributed by atoms with van der Waals surface area (Å²) in [5, 5.41) is -0.208. The van der Waals surface area contributed by atoms with E-state index in [0.29, 0.717) is 25.6 Å². The summed E-state index contributed by atoms with van der Waals surface area (Å²) in [7, 11) is -3.14. The Kier molecular flexibility index (Phi) is 4.76. The molecule has 0 aromatic carbocycles. The van der Waals surface area contributed by atoms with Gasteiger partial charge in [-0.15, -0.1) is 0 Å². The van der Waals surface area contributed by atoms with Crippen molar-refractivity contribution in [3.8, 4) is 0 Å². The quantitative estimate of drug-likeness (QED) is 0.781. The molecule has 2 unspecified atom stereocenters. The van der Waals surface area contributed by atoms with E-state index in [1.165, 1.54) is 0 Å². The lowest BCUT2D eigenvalue weighted by atomic mass is 9.74. The van der Waals surface area contributed by atoms with Crippen molar-refractivity contribution in [1.82, 2.24) is 9.21 Å². The van der Waals surface area contributed by atoms with Crippen LogP contribution in [-0.4, -0.2) is 54.1 Å². The summed E-state index contributed by atoms with van der Waals surface area (Å²) < 4.78 is 27.6. The zero-order chi connectivity index (χ0) is 16.9. The molecule has 0 aromatic heterocycles. The number of piperidine rings is 1. The molecule has 2 rings (SSSR count). The van der Waals surface area contributed by atoms with Crippen LogP contribution in [0.3, 0.4) is 0 Å². The lowest BCUT2D eigenvalue weighted by molar-refractivity contribution is 0.0662. The molecule has 0 amide bonds. The molecule has 130 valence electrons. The number of likely N-dealkylation sites (tertiary alicyclic amines) is 1. The molecule has 2 fully saturated rings. The van der Waals surface area contributed by atoms with Crippen LogP contribution in [0.5, 0.6) is 0 Å². The average molecular weight is 331 g/mol. The van der Waals surface area contributed by atoms with Gasteiger partial charge < -0.3 is 0 Å². The summed E-state index contributed by atoms with van der Waals surface area (Å²) in [6.45, 7) is 17.4. The van der Waals surface area contributed by atoms with Crippen LogP contribution in [0.1, 0.15) is 61.3 Å². The highest BCUT2D eigenvalue weighted by atomic mass is 32.2. The van der Waals surface area contributed by atoms with Crippen LogP contribution >= 0.6 is 0 Å². The normalized spacial score (nSPS) is 30.3. The molecule has 0 bridgehead atoms. The van der Waals surface area contributed by atoms with Crippen molar-refractivity contribution in [2.45, 2.75) is 78.1 Å². The molecule has 5 heteroatoms. The minimum absolute atomic E-state index is 0.0663. The largest absolute Gasteiger partial charge is 0.296 e. The van der Waals surface area contributed by atoms with Gasteiger partial charge in [-0.3, -0.25) is 4.90 Å². The predicted octanol–water partition coefficient (Wildman–Crippen LogP) is 2.95. The van der Waals surface area contributed by atoms with Gasteiger partial charge in [-0.25, -0.2) is 8.42 Å². The van der Waals surface area contributed by atoms with Gasteiger partial charge in [0.15, 0.2) is 0 Å². The molecule has 2 atom stereocenters. The summed E-state index contributed by atoms with van der Waals surface area (Å²) in [6, 6.07) is 0.131. The van der Waals surface area contributed by atoms with Gasteiger partial charge in [0.1, 0.15) is 5.25 Å². The third-order valence-corrected chi connectivity index (χ3v) is 7.92. The van der Waals surface area contributed by atoms with Crippen LogP contribution in [0.15, 0.2) is 0 Å². The number of hydrogen-bond acceptors (Lipinski definition) is 3. The highest BCUT2D eigenvalue weighted by Crippen LogP contribution is 2.39. The Morgan fingerprint density at radius 2 is 1.55 bits per heavy atom. The maximum atomic E-state index is 12.9. The highest BCUT2D eigenvalue weighted by molar-refractivity contribution is 7.89. The highest BCUT2D eigenvalue weighted by Gasteiger charge is 2.47. The summed E-state index contributed by atoms with van der Waals surface area (Å²) in [5.74, 6) is 0.612. The van der Waals surface area contributed by atoms with Crippen molar-refractivity contribution in [2.75, 3.05) is 19.6 Å². The van der Waals surface area contributed by atoms with Crippen LogP contribution < -0.4 is 0 Å². The average Bonchev–Trinajstić information content (AvgIpc) is 2.22. The molecule has 0 aliphatic carbocycles. The number of nitrogens with zero attached hydrogens (tertiary/aromatic N) is 2. The van der Waals surface area contributed by atoms with Crippen LogP contribution in [-0.2, 0) is 10.0 Å². The van der Waals surface area contributed by atoms with Gasteiger partial charge >= 0.3 is 0 Å². The van der Waals surface area contributed by atoms with E-state index in [1.54, 1.807) is 4.31 Å². The number of sulfonamides is 1. The Morgan fingerprint density at radius 3 is 1.95 bits per heavy atom. The van der Waals surface area contributed by atoms with Crippen LogP contribution in [0, 0.1) is 11.3 Å². The molecule has 0 aromatic rings. The van der Waals surface area contributed by atoms with Gasteiger partial charge in [0, 0.05) is 31.2 Å². The van der Waals surface area contributed by atoms with Crippen molar-refractivity contribution in [3.63, 3.8) is 0 Å². The molecule has 22 heavy (non-hydrogen) atoms. The first-order valence-corrected chi connectivity index (χ1v) is 10.1. The fourth-order valence-electron chi connectivity index (χ4n) is 3.68. The van der Waals surface area contributed by atoms with Gasteiger partial charge in [-0.2, -0.15) is 4.31 Å². The first-order chi connectivity index (χ1) is 9.83. The molecule has 2 aliphatic heterocycles. The van der Waals surface area contributed by atoms with Gasteiger partial charge in [-0.1, -0.05) is 20.8 Å². The van der Waals surface area contributed by atoms with E-state index < -0.39 is 10.0 Å². The fraction of sp³-hybridized carbons (Fsp3) is 1.00. The first-order valence-electron chi connectivity index (χ1n) is 8.59. The molecule has 0 saturated carbocycles. The van der Waals surface area contributed by atoms with Gasteiger partial charge in [0.25, 0.3) is 0 Å². The predicted molar refractivity (Wildman–Crippen MR) is 92.4 cm³/mol. The Morgan fingerprint density at radius 1 is 1.00 bits per heavy atom. The molecular weight excluding hydrogens is 296 g/mol. The van der Waals surface area contributed by atoms with E-state index in [0.717, 1.165) is 12.8 Å². The minimum atomic E-state index is -3.14. The minimum Gasteiger partial charge on any atom is -0.296 e. The Bertz CT molecular complexity index is 496.